The minimum atomic E-state index is -3.72. The molecule has 0 aliphatic rings. The topological polar surface area (TPSA) is 92.7 Å². The van der Waals surface area contributed by atoms with E-state index in [2.05, 4.69) is 4.72 Å². The lowest BCUT2D eigenvalue weighted by molar-refractivity contribution is -0.137. The molecule has 7 heteroatoms. The summed E-state index contributed by atoms with van der Waals surface area (Å²) in [4.78, 5) is 10.7. The summed E-state index contributed by atoms with van der Waals surface area (Å²) in [6.45, 7) is 3.29. The van der Waals surface area contributed by atoms with Crippen molar-refractivity contribution in [1.82, 2.24) is 4.72 Å². The Kier molecular flexibility index (Phi) is 5.13. The molecule has 1 aromatic carbocycles. The van der Waals surface area contributed by atoms with Crippen molar-refractivity contribution in [3.63, 3.8) is 0 Å². The molecule has 0 radical (unpaired) electrons. The van der Waals surface area contributed by atoms with Crippen LogP contribution in [0.25, 0.3) is 0 Å². The zero-order valence-corrected chi connectivity index (χ0v) is 12.5. The van der Waals surface area contributed by atoms with Crippen molar-refractivity contribution in [3.05, 3.63) is 24.3 Å². The van der Waals surface area contributed by atoms with Crippen LogP contribution in [0.15, 0.2) is 29.2 Å². The van der Waals surface area contributed by atoms with Crippen molar-refractivity contribution < 1.29 is 23.1 Å². The van der Waals surface area contributed by atoms with Gasteiger partial charge in [0, 0.05) is 18.0 Å². The number of carboxylic acids is 1. The third-order valence-corrected chi connectivity index (χ3v) is 4.42. The van der Waals surface area contributed by atoms with Crippen LogP contribution in [0.5, 0.6) is 5.75 Å². The highest BCUT2D eigenvalue weighted by atomic mass is 32.2. The Labute approximate surface area is 118 Å². The molecule has 0 spiro atoms. The quantitative estimate of drug-likeness (QED) is 0.798. The van der Waals surface area contributed by atoms with Crippen LogP contribution in [0.1, 0.15) is 26.7 Å². The molecular formula is C13H19NO5S. The Morgan fingerprint density at radius 3 is 2.60 bits per heavy atom. The Morgan fingerprint density at radius 1 is 1.40 bits per heavy atom. The maximum Gasteiger partial charge on any atom is 0.303 e. The Hall–Kier alpha value is -1.60. The third-order valence-electron chi connectivity index (χ3n) is 2.73. The molecule has 1 aromatic rings. The molecule has 20 heavy (non-hydrogen) atoms. The fourth-order valence-electron chi connectivity index (χ4n) is 1.66. The molecule has 0 saturated carbocycles. The molecule has 0 heterocycles. The number of ether oxygens (including phenoxy) is 1. The molecule has 0 fully saturated rings. The zero-order chi connectivity index (χ0) is 15.4. The monoisotopic (exact) mass is 301 g/mol. The van der Waals surface area contributed by atoms with Gasteiger partial charge in [-0.25, -0.2) is 13.1 Å². The molecule has 0 aliphatic heterocycles. The number of carboxylic acid groups (broad SMARTS) is 1. The van der Waals surface area contributed by atoms with E-state index in [-0.39, 0.29) is 17.7 Å². The summed E-state index contributed by atoms with van der Waals surface area (Å²) in [6, 6.07) is 6.10. The van der Waals surface area contributed by atoms with E-state index in [9.17, 15) is 13.2 Å². The normalized spacial score (nSPS) is 12.2. The Balaban J connectivity index is 2.90. The molecule has 0 saturated heterocycles. The van der Waals surface area contributed by atoms with Gasteiger partial charge in [-0.2, -0.15) is 0 Å². The summed E-state index contributed by atoms with van der Waals surface area (Å²) in [6.07, 6.45) is 0.0964. The predicted molar refractivity (Wildman–Crippen MR) is 74.3 cm³/mol. The first-order valence-electron chi connectivity index (χ1n) is 6.06. The van der Waals surface area contributed by atoms with E-state index in [0.29, 0.717) is 5.75 Å². The molecule has 0 bridgehead atoms. The van der Waals surface area contributed by atoms with Gasteiger partial charge in [-0.15, -0.1) is 0 Å². The SMILES string of the molecule is COc1cccc(S(=O)(=O)NC(C)(C)CCC(=O)O)c1. The summed E-state index contributed by atoms with van der Waals surface area (Å²) in [5.74, 6) is -0.519. The number of hydrogen-bond donors (Lipinski definition) is 2. The summed E-state index contributed by atoms with van der Waals surface area (Å²) < 4.78 is 32.0. The predicted octanol–water partition coefficient (Wildman–Crippen LogP) is 1.62. The van der Waals surface area contributed by atoms with Gasteiger partial charge in [-0.1, -0.05) is 6.07 Å². The van der Waals surface area contributed by atoms with Crippen LogP contribution >= 0.6 is 0 Å². The summed E-state index contributed by atoms with van der Waals surface area (Å²) in [7, 11) is -2.27. The van der Waals surface area contributed by atoms with Gasteiger partial charge in [0.2, 0.25) is 10.0 Å². The van der Waals surface area contributed by atoms with Gasteiger partial charge in [0.05, 0.1) is 12.0 Å². The molecule has 2 N–H and O–H groups in total. The molecule has 0 aliphatic carbocycles. The number of rotatable bonds is 7. The van der Waals surface area contributed by atoms with Gasteiger partial charge in [0.15, 0.2) is 0 Å². The van der Waals surface area contributed by atoms with Gasteiger partial charge in [-0.3, -0.25) is 4.79 Å². The van der Waals surface area contributed by atoms with Crippen molar-refractivity contribution in [1.29, 1.82) is 0 Å². The van der Waals surface area contributed by atoms with Crippen molar-refractivity contribution in [2.45, 2.75) is 37.1 Å². The Bertz CT molecular complexity index is 580. The van der Waals surface area contributed by atoms with Crippen molar-refractivity contribution in [2.24, 2.45) is 0 Å². The number of nitrogens with one attached hydrogen (secondary N) is 1. The molecule has 0 atom stereocenters. The first kappa shape index (κ1) is 16.5. The molecular weight excluding hydrogens is 282 g/mol. The van der Waals surface area contributed by atoms with Crippen molar-refractivity contribution in [3.8, 4) is 5.75 Å². The number of methoxy groups -OCH3 is 1. The van der Waals surface area contributed by atoms with E-state index in [4.69, 9.17) is 9.84 Å². The summed E-state index contributed by atoms with van der Waals surface area (Å²) in [5.41, 5.74) is -0.847. The van der Waals surface area contributed by atoms with E-state index in [1.54, 1.807) is 26.0 Å². The lowest BCUT2D eigenvalue weighted by atomic mass is 10.0. The first-order chi connectivity index (χ1) is 9.16. The molecule has 0 amide bonds. The average molecular weight is 301 g/mol. The van der Waals surface area contributed by atoms with E-state index < -0.39 is 21.5 Å². The number of aliphatic carboxylic acids is 1. The smallest absolute Gasteiger partial charge is 0.303 e. The number of hydrogen-bond acceptors (Lipinski definition) is 4. The molecule has 112 valence electrons. The van der Waals surface area contributed by atoms with E-state index in [1.807, 2.05) is 0 Å². The standard InChI is InChI=1S/C13H19NO5S/c1-13(2,8-7-12(15)16)14-20(17,18)11-6-4-5-10(9-11)19-3/h4-6,9,14H,7-8H2,1-3H3,(H,15,16). The van der Waals surface area contributed by atoms with Crippen LogP contribution in [0.4, 0.5) is 0 Å². The number of carbonyl (C=O) groups is 1. The number of benzene rings is 1. The molecule has 0 unspecified atom stereocenters. The van der Waals surface area contributed by atoms with Gasteiger partial charge in [-0.05, 0) is 32.4 Å². The van der Waals surface area contributed by atoms with Crippen LogP contribution in [0.2, 0.25) is 0 Å². The van der Waals surface area contributed by atoms with Gasteiger partial charge < -0.3 is 9.84 Å². The lowest BCUT2D eigenvalue weighted by Gasteiger charge is -2.25. The minimum Gasteiger partial charge on any atom is -0.497 e. The second-order valence-electron chi connectivity index (χ2n) is 5.06. The fraction of sp³-hybridized carbons (Fsp3) is 0.462. The molecule has 0 aromatic heterocycles. The first-order valence-corrected chi connectivity index (χ1v) is 7.54. The maximum atomic E-state index is 12.2. The zero-order valence-electron chi connectivity index (χ0n) is 11.7. The van der Waals surface area contributed by atoms with Crippen LogP contribution in [-0.4, -0.2) is 32.1 Å². The van der Waals surface area contributed by atoms with Crippen LogP contribution in [0.3, 0.4) is 0 Å². The molecule has 1 rings (SSSR count). The van der Waals surface area contributed by atoms with E-state index in [0.717, 1.165) is 0 Å². The number of sulfonamides is 1. The second kappa shape index (κ2) is 6.23. The highest BCUT2D eigenvalue weighted by Gasteiger charge is 2.27. The van der Waals surface area contributed by atoms with Crippen LogP contribution in [0, 0.1) is 0 Å². The summed E-state index contributed by atoms with van der Waals surface area (Å²) in [5, 5.41) is 8.67. The lowest BCUT2D eigenvalue weighted by Crippen LogP contribution is -2.43. The highest BCUT2D eigenvalue weighted by Crippen LogP contribution is 2.20. The van der Waals surface area contributed by atoms with Gasteiger partial charge >= 0.3 is 5.97 Å². The average Bonchev–Trinajstić information content (AvgIpc) is 2.35. The second-order valence-corrected chi connectivity index (χ2v) is 6.74. The van der Waals surface area contributed by atoms with Crippen LogP contribution in [-0.2, 0) is 14.8 Å². The minimum absolute atomic E-state index is 0.0836. The third kappa shape index (κ3) is 4.82. The van der Waals surface area contributed by atoms with Crippen LogP contribution < -0.4 is 9.46 Å². The molecule has 6 nitrogen and oxygen atoms in total. The largest absolute Gasteiger partial charge is 0.497 e. The maximum absolute atomic E-state index is 12.2. The van der Waals surface area contributed by atoms with Crippen molar-refractivity contribution in [2.75, 3.05) is 7.11 Å². The Morgan fingerprint density at radius 2 is 2.05 bits per heavy atom. The van der Waals surface area contributed by atoms with E-state index >= 15 is 0 Å². The highest BCUT2D eigenvalue weighted by molar-refractivity contribution is 7.89. The van der Waals surface area contributed by atoms with Gasteiger partial charge in [0.1, 0.15) is 5.75 Å². The van der Waals surface area contributed by atoms with E-state index in [1.165, 1.54) is 19.2 Å². The van der Waals surface area contributed by atoms with Crippen molar-refractivity contribution >= 4 is 16.0 Å². The van der Waals surface area contributed by atoms with Gasteiger partial charge in [0.25, 0.3) is 0 Å². The summed E-state index contributed by atoms with van der Waals surface area (Å²) >= 11 is 0. The fourth-order valence-corrected chi connectivity index (χ4v) is 3.14.